The highest BCUT2D eigenvalue weighted by Gasteiger charge is 2.41. The molecule has 2 rings (SSSR count). The summed E-state index contributed by atoms with van der Waals surface area (Å²) >= 11 is 0. The van der Waals surface area contributed by atoms with E-state index in [0.717, 1.165) is 25.8 Å². The quantitative estimate of drug-likeness (QED) is 0.404. The zero-order valence-electron chi connectivity index (χ0n) is 18.7. The fourth-order valence-corrected chi connectivity index (χ4v) is 5.40. The number of rotatable bonds is 9. The average molecular weight is 394 g/mol. The van der Waals surface area contributed by atoms with Gasteiger partial charge >= 0.3 is 6.09 Å². The lowest BCUT2D eigenvalue weighted by Gasteiger charge is -2.42. The van der Waals surface area contributed by atoms with E-state index in [1.54, 1.807) is 0 Å². The molecule has 2 saturated carbocycles. The summed E-state index contributed by atoms with van der Waals surface area (Å²) < 4.78 is 6.35. The van der Waals surface area contributed by atoms with E-state index in [1.165, 1.54) is 109 Å². The first kappa shape index (κ1) is 23.5. The lowest BCUT2D eigenvalue weighted by Crippen LogP contribution is -2.46. The molecule has 164 valence electrons. The van der Waals surface area contributed by atoms with Crippen molar-refractivity contribution in [1.29, 1.82) is 0 Å². The smallest absolute Gasteiger partial charge is 0.407 e. The minimum Gasteiger partial charge on any atom is -0.443 e. The first-order valence-electron chi connectivity index (χ1n) is 12.7. The van der Waals surface area contributed by atoms with Crippen LogP contribution < -0.4 is 5.32 Å². The van der Waals surface area contributed by atoms with E-state index >= 15 is 0 Å². The topological polar surface area (TPSA) is 38.3 Å². The Bertz CT molecular complexity index is 393. The molecule has 0 unspecified atom stereocenters. The molecule has 0 bridgehead atoms. The molecule has 1 amide bonds. The molecule has 0 spiro atoms. The highest BCUT2D eigenvalue weighted by atomic mass is 16.6. The number of nitrogens with one attached hydrogen (secondary N) is 1. The highest BCUT2D eigenvalue weighted by Crippen LogP contribution is 2.42. The standard InChI is InChI=1S/C25H47NO2/c1-2-3-4-5-12-17-22-26-24(27)28-25(20-15-10-7-11-16-21-25)23-18-13-8-6-9-14-19-23/h23H,2-22H2,1H3,(H,26,27). The highest BCUT2D eigenvalue weighted by molar-refractivity contribution is 5.67. The molecule has 3 nitrogen and oxygen atoms in total. The SMILES string of the molecule is CCCCCCCCNC(=O)OC1(C2CCCCCCC2)CCCCCCC1. The van der Waals surface area contributed by atoms with Crippen molar-refractivity contribution < 1.29 is 9.53 Å². The largest absolute Gasteiger partial charge is 0.443 e. The Morgan fingerprint density at radius 1 is 0.786 bits per heavy atom. The van der Waals surface area contributed by atoms with Gasteiger partial charge in [-0.05, 0) is 50.9 Å². The summed E-state index contributed by atoms with van der Waals surface area (Å²) in [6, 6.07) is 0. The van der Waals surface area contributed by atoms with Gasteiger partial charge in [-0.2, -0.15) is 0 Å². The van der Waals surface area contributed by atoms with Crippen LogP contribution in [0, 0.1) is 5.92 Å². The van der Waals surface area contributed by atoms with E-state index in [0.29, 0.717) is 5.92 Å². The Morgan fingerprint density at radius 3 is 1.96 bits per heavy atom. The van der Waals surface area contributed by atoms with Crippen molar-refractivity contribution in [3.8, 4) is 0 Å². The maximum Gasteiger partial charge on any atom is 0.407 e. The molecule has 0 radical (unpaired) electrons. The Labute approximate surface area is 174 Å². The molecule has 2 aliphatic carbocycles. The maximum absolute atomic E-state index is 12.7. The summed E-state index contributed by atoms with van der Waals surface area (Å²) in [6.07, 6.45) is 25.2. The Balaban J connectivity index is 1.86. The van der Waals surface area contributed by atoms with Gasteiger partial charge in [0.2, 0.25) is 0 Å². The molecule has 3 heteroatoms. The molecule has 28 heavy (non-hydrogen) atoms. The predicted octanol–water partition coefficient (Wildman–Crippen LogP) is 7.92. The molecular formula is C25H47NO2. The third-order valence-electron chi connectivity index (χ3n) is 7.14. The summed E-state index contributed by atoms with van der Waals surface area (Å²) in [5.41, 5.74) is -0.191. The van der Waals surface area contributed by atoms with Crippen LogP contribution in [0.3, 0.4) is 0 Å². The van der Waals surface area contributed by atoms with Crippen LogP contribution in [0.1, 0.15) is 135 Å². The lowest BCUT2D eigenvalue weighted by molar-refractivity contribution is -0.0608. The van der Waals surface area contributed by atoms with E-state index in [-0.39, 0.29) is 11.7 Å². The second kappa shape index (κ2) is 14.3. The molecule has 0 atom stereocenters. The number of alkyl carbamates (subject to hydrolysis) is 1. The van der Waals surface area contributed by atoms with Gasteiger partial charge in [0.05, 0.1) is 0 Å². The Morgan fingerprint density at radius 2 is 1.32 bits per heavy atom. The second-order valence-corrected chi connectivity index (χ2v) is 9.46. The Kier molecular flexibility index (Phi) is 12.0. The van der Waals surface area contributed by atoms with Gasteiger partial charge in [-0.25, -0.2) is 4.79 Å². The zero-order chi connectivity index (χ0) is 19.9. The number of hydrogen-bond acceptors (Lipinski definition) is 2. The molecule has 0 aliphatic heterocycles. The zero-order valence-corrected chi connectivity index (χ0v) is 18.7. The third kappa shape index (κ3) is 8.74. The van der Waals surface area contributed by atoms with Crippen molar-refractivity contribution in [3.63, 3.8) is 0 Å². The summed E-state index contributed by atoms with van der Waals surface area (Å²) in [5, 5.41) is 3.09. The number of hydrogen-bond donors (Lipinski definition) is 1. The van der Waals surface area contributed by atoms with Crippen LogP contribution in [-0.4, -0.2) is 18.2 Å². The van der Waals surface area contributed by atoms with Crippen molar-refractivity contribution in [1.82, 2.24) is 5.32 Å². The van der Waals surface area contributed by atoms with Crippen molar-refractivity contribution in [2.75, 3.05) is 6.54 Å². The van der Waals surface area contributed by atoms with E-state index < -0.39 is 0 Å². The summed E-state index contributed by atoms with van der Waals surface area (Å²) in [6.45, 7) is 3.02. The van der Waals surface area contributed by atoms with Gasteiger partial charge < -0.3 is 10.1 Å². The number of carbonyl (C=O) groups excluding carboxylic acids is 1. The van der Waals surface area contributed by atoms with Gasteiger partial charge in [0.1, 0.15) is 5.60 Å². The molecule has 0 aromatic heterocycles. The average Bonchev–Trinajstić information content (AvgIpc) is 2.63. The number of ether oxygens (including phenoxy) is 1. The van der Waals surface area contributed by atoms with Gasteiger partial charge in [-0.1, -0.05) is 90.4 Å². The second-order valence-electron chi connectivity index (χ2n) is 9.46. The van der Waals surface area contributed by atoms with Crippen LogP contribution in [-0.2, 0) is 4.74 Å². The molecule has 2 fully saturated rings. The van der Waals surface area contributed by atoms with E-state index in [1.807, 2.05) is 0 Å². The fourth-order valence-electron chi connectivity index (χ4n) is 5.40. The van der Waals surface area contributed by atoms with Gasteiger partial charge in [0.25, 0.3) is 0 Å². The van der Waals surface area contributed by atoms with E-state index in [2.05, 4.69) is 12.2 Å². The Hall–Kier alpha value is -0.730. The normalized spacial score (nSPS) is 21.8. The third-order valence-corrected chi connectivity index (χ3v) is 7.14. The predicted molar refractivity (Wildman–Crippen MR) is 119 cm³/mol. The first-order valence-corrected chi connectivity index (χ1v) is 12.7. The molecule has 0 aromatic carbocycles. The molecular weight excluding hydrogens is 346 g/mol. The molecule has 2 aliphatic rings. The first-order chi connectivity index (χ1) is 13.8. The summed E-state index contributed by atoms with van der Waals surface area (Å²) in [7, 11) is 0. The minimum absolute atomic E-state index is 0.142. The molecule has 0 aromatic rings. The van der Waals surface area contributed by atoms with Crippen molar-refractivity contribution >= 4 is 6.09 Å². The van der Waals surface area contributed by atoms with Crippen molar-refractivity contribution in [2.45, 2.75) is 141 Å². The van der Waals surface area contributed by atoms with Crippen LogP contribution >= 0.6 is 0 Å². The maximum atomic E-state index is 12.7. The number of carbonyl (C=O) groups is 1. The fraction of sp³-hybridized carbons (Fsp3) is 0.960. The number of unbranched alkanes of at least 4 members (excludes halogenated alkanes) is 5. The van der Waals surface area contributed by atoms with Crippen LogP contribution in [0.4, 0.5) is 4.79 Å². The van der Waals surface area contributed by atoms with Crippen molar-refractivity contribution in [3.05, 3.63) is 0 Å². The van der Waals surface area contributed by atoms with Crippen LogP contribution in [0.15, 0.2) is 0 Å². The van der Waals surface area contributed by atoms with Gasteiger partial charge in [0.15, 0.2) is 0 Å². The van der Waals surface area contributed by atoms with Crippen molar-refractivity contribution in [2.24, 2.45) is 5.92 Å². The minimum atomic E-state index is -0.191. The van der Waals surface area contributed by atoms with Gasteiger partial charge in [0, 0.05) is 6.54 Å². The molecule has 0 saturated heterocycles. The molecule has 0 heterocycles. The monoisotopic (exact) mass is 393 g/mol. The summed E-state index contributed by atoms with van der Waals surface area (Å²) in [4.78, 5) is 12.7. The van der Waals surface area contributed by atoms with E-state index in [9.17, 15) is 4.79 Å². The summed E-state index contributed by atoms with van der Waals surface area (Å²) in [5.74, 6) is 0.575. The van der Waals surface area contributed by atoms with E-state index in [4.69, 9.17) is 4.74 Å². The van der Waals surface area contributed by atoms with Crippen LogP contribution in [0.25, 0.3) is 0 Å². The molecule has 1 N–H and O–H groups in total. The van der Waals surface area contributed by atoms with Gasteiger partial charge in [-0.15, -0.1) is 0 Å². The van der Waals surface area contributed by atoms with Crippen LogP contribution in [0.2, 0.25) is 0 Å². The van der Waals surface area contributed by atoms with Gasteiger partial charge in [-0.3, -0.25) is 0 Å². The van der Waals surface area contributed by atoms with Crippen LogP contribution in [0.5, 0.6) is 0 Å². The number of amides is 1. The lowest BCUT2D eigenvalue weighted by atomic mass is 9.72.